The van der Waals surface area contributed by atoms with E-state index in [0.717, 1.165) is 3.57 Å². The minimum absolute atomic E-state index is 0.0333. The Kier molecular flexibility index (Phi) is 3.58. The van der Waals surface area contributed by atoms with Gasteiger partial charge in [-0.1, -0.05) is 6.07 Å². The number of carbonyl (C=O) groups excluding carboxylic acids is 2. The average Bonchev–Trinajstić information content (AvgIpc) is 2.29. The minimum Gasteiger partial charge on any atom is -0.338 e. The molecular formula is C12H12INO2. The largest absolute Gasteiger partial charge is 0.338 e. The van der Waals surface area contributed by atoms with Crippen LogP contribution < -0.4 is 0 Å². The number of carbonyl (C=O) groups is 2. The summed E-state index contributed by atoms with van der Waals surface area (Å²) in [6, 6.07) is 7.53. The Balaban J connectivity index is 2.10. The summed E-state index contributed by atoms with van der Waals surface area (Å²) in [7, 11) is 0. The van der Waals surface area contributed by atoms with Crippen molar-refractivity contribution in [3.05, 3.63) is 33.4 Å². The molecule has 0 atom stereocenters. The molecule has 84 valence electrons. The highest BCUT2D eigenvalue weighted by molar-refractivity contribution is 14.1. The number of piperidine rings is 1. The second kappa shape index (κ2) is 4.95. The van der Waals surface area contributed by atoms with Crippen LogP contribution in [0.1, 0.15) is 23.2 Å². The van der Waals surface area contributed by atoms with Gasteiger partial charge in [-0.15, -0.1) is 0 Å². The molecule has 0 unspecified atom stereocenters. The van der Waals surface area contributed by atoms with Gasteiger partial charge >= 0.3 is 0 Å². The lowest BCUT2D eigenvalue weighted by molar-refractivity contribution is -0.120. The number of halogens is 1. The molecule has 4 heteroatoms. The van der Waals surface area contributed by atoms with Gasteiger partial charge in [0, 0.05) is 35.1 Å². The first-order valence-electron chi connectivity index (χ1n) is 5.23. The molecule has 1 aliphatic rings. The summed E-state index contributed by atoms with van der Waals surface area (Å²) in [5, 5.41) is 0. The van der Waals surface area contributed by atoms with Gasteiger partial charge in [0.2, 0.25) is 0 Å². The molecule has 0 spiro atoms. The first kappa shape index (κ1) is 11.6. The average molecular weight is 329 g/mol. The molecule has 1 aromatic rings. The lowest BCUT2D eigenvalue weighted by atomic mass is 10.1. The van der Waals surface area contributed by atoms with Crippen molar-refractivity contribution in [3.63, 3.8) is 0 Å². The number of nitrogens with zero attached hydrogens (tertiary/aromatic N) is 1. The van der Waals surface area contributed by atoms with Gasteiger partial charge in [0.05, 0.1) is 0 Å². The minimum atomic E-state index is 0.0333. The molecule has 1 aromatic carbocycles. The number of amides is 1. The van der Waals surface area contributed by atoms with Crippen LogP contribution in [-0.4, -0.2) is 29.7 Å². The zero-order valence-electron chi connectivity index (χ0n) is 8.78. The Bertz CT molecular complexity index is 421. The van der Waals surface area contributed by atoms with Crippen molar-refractivity contribution in [2.45, 2.75) is 12.8 Å². The second-order valence-corrected chi connectivity index (χ2v) is 5.09. The molecule has 16 heavy (non-hydrogen) atoms. The standard InChI is InChI=1S/C12H12INO2/c13-10-3-1-2-9(8-10)12(16)14-6-4-11(15)5-7-14/h1-3,8H,4-7H2. The molecular weight excluding hydrogens is 317 g/mol. The van der Waals surface area contributed by atoms with Gasteiger partial charge in [0.25, 0.3) is 5.91 Å². The lowest BCUT2D eigenvalue weighted by Gasteiger charge is -2.26. The van der Waals surface area contributed by atoms with Gasteiger partial charge in [-0.05, 0) is 40.8 Å². The van der Waals surface area contributed by atoms with Crippen molar-refractivity contribution < 1.29 is 9.59 Å². The van der Waals surface area contributed by atoms with Crippen LogP contribution in [0.5, 0.6) is 0 Å². The Hall–Kier alpha value is -0.910. The fourth-order valence-corrected chi connectivity index (χ4v) is 2.31. The maximum Gasteiger partial charge on any atom is 0.253 e. The molecule has 1 amide bonds. The molecule has 0 radical (unpaired) electrons. The Labute approximate surface area is 108 Å². The normalized spacial score (nSPS) is 16.3. The number of Topliss-reactive ketones (excluding diaryl/α,β-unsaturated/α-hetero) is 1. The van der Waals surface area contributed by atoms with Crippen LogP contribution in [0.3, 0.4) is 0 Å². The quantitative estimate of drug-likeness (QED) is 0.740. The highest BCUT2D eigenvalue weighted by Gasteiger charge is 2.21. The van der Waals surface area contributed by atoms with Crippen molar-refractivity contribution in [3.8, 4) is 0 Å². The van der Waals surface area contributed by atoms with E-state index in [1.54, 1.807) is 4.90 Å². The van der Waals surface area contributed by atoms with Gasteiger partial charge < -0.3 is 4.90 Å². The van der Waals surface area contributed by atoms with E-state index >= 15 is 0 Å². The summed E-state index contributed by atoms with van der Waals surface area (Å²) >= 11 is 2.19. The summed E-state index contributed by atoms with van der Waals surface area (Å²) in [5.41, 5.74) is 0.709. The maximum absolute atomic E-state index is 12.1. The van der Waals surface area contributed by atoms with E-state index in [0.29, 0.717) is 31.5 Å². The molecule has 0 saturated carbocycles. The monoisotopic (exact) mass is 329 g/mol. The second-order valence-electron chi connectivity index (χ2n) is 3.84. The van der Waals surface area contributed by atoms with Crippen LogP contribution in [0, 0.1) is 3.57 Å². The third-order valence-corrected chi connectivity index (χ3v) is 3.35. The third kappa shape index (κ3) is 2.61. The van der Waals surface area contributed by atoms with Crippen LogP contribution in [0.4, 0.5) is 0 Å². The number of hydrogen-bond donors (Lipinski definition) is 0. The number of hydrogen-bond acceptors (Lipinski definition) is 2. The van der Waals surface area contributed by atoms with Crippen LogP contribution >= 0.6 is 22.6 Å². The molecule has 0 bridgehead atoms. The first-order chi connectivity index (χ1) is 7.66. The fraction of sp³-hybridized carbons (Fsp3) is 0.333. The summed E-state index contributed by atoms with van der Waals surface area (Å²) in [6.45, 7) is 1.12. The van der Waals surface area contributed by atoms with Crippen LogP contribution in [-0.2, 0) is 4.79 Å². The topological polar surface area (TPSA) is 37.4 Å². The Morgan fingerprint density at radius 1 is 1.25 bits per heavy atom. The SMILES string of the molecule is O=C1CCN(C(=O)c2cccc(I)c2)CC1. The molecule has 1 heterocycles. The fourth-order valence-electron chi connectivity index (χ4n) is 1.76. The number of ketones is 1. The molecule has 1 aliphatic heterocycles. The first-order valence-corrected chi connectivity index (χ1v) is 6.31. The summed E-state index contributed by atoms with van der Waals surface area (Å²) in [4.78, 5) is 24.9. The van der Waals surface area contributed by atoms with Gasteiger partial charge in [-0.2, -0.15) is 0 Å². The van der Waals surface area contributed by atoms with E-state index in [-0.39, 0.29) is 11.7 Å². The molecule has 1 saturated heterocycles. The molecule has 0 N–H and O–H groups in total. The van der Waals surface area contributed by atoms with Gasteiger partial charge in [-0.25, -0.2) is 0 Å². The van der Waals surface area contributed by atoms with Crippen molar-refractivity contribution in [1.82, 2.24) is 4.90 Å². The third-order valence-electron chi connectivity index (χ3n) is 2.68. The molecule has 1 fully saturated rings. The van der Waals surface area contributed by atoms with E-state index in [2.05, 4.69) is 22.6 Å². The van der Waals surface area contributed by atoms with E-state index < -0.39 is 0 Å². The summed E-state index contributed by atoms with van der Waals surface area (Å²) < 4.78 is 1.05. The van der Waals surface area contributed by atoms with E-state index in [1.165, 1.54) is 0 Å². The van der Waals surface area contributed by atoms with Crippen LogP contribution in [0.15, 0.2) is 24.3 Å². The van der Waals surface area contributed by atoms with Crippen LogP contribution in [0.2, 0.25) is 0 Å². The van der Waals surface area contributed by atoms with Crippen molar-refractivity contribution in [1.29, 1.82) is 0 Å². The lowest BCUT2D eigenvalue weighted by Crippen LogP contribution is -2.38. The predicted molar refractivity (Wildman–Crippen MR) is 69.3 cm³/mol. The zero-order chi connectivity index (χ0) is 11.5. The molecule has 3 nitrogen and oxygen atoms in total. The molecule has 0 aliphatic carbocycles. The van der Waals surface area contributed by atoms with Crippen molar-refractivity contribution >= 4 is 34.3 Å². The summed E-state index contributed by atoms with van der Waals surface area (Å²) in [5.74, 6) is 0.290. The van der Waals surface area contributed by atoms with Gasteiger partial charge in [0.1, 0.15) is 5.78 Å². The van der Waals surface area contributed by atoms with Crippen molar-refractivity contribution in [2.75, 3.05) is 13.1 Å². The maximum atomic E-state index is 12.1. The smallest absolute Gasteiger partial charge is 0.253 e. The number of rotatable bonds is 1. The highest BCUT2D eigenvalue weighted by Crippen LogP contribution is 2.13. The van der Waals surface area contributed by atoms with Gasteiger partial charge in [0.15, 0.2) is 0 Å². The molecule has 0 aromatic heterocycles. The number of benzene rings is 1. The van der Waals surface area contributed by atoms with E-state index in [4.69, 9.17) is 0 Å². The predicted octanol–water partition coefficient (Wildman–Crippen LogP) is 2.10. The van der Waals surface area contributed by atoms with Gasteiger partial charge in [-0.3, -0.25) is 9.59 Å². The Morgan fingerprint density at radius 2 is 1.94 bits per heavy atom. The van der Waals surface area contributed by atoms with Crippen molar-refractivity contribution in [2.24, 2.45) is 0 Å². The molecule has 2 rings (SSSR count). The number of likely N-dealkylation sites (tertiary alicyclic amines) is 1. The zero-order valence-corrected chi connectivity index (χ0v) is 10.9. The van der Waals surface area contributed by atoms with E-state index in [1.807, 2.05) is 24.3 Å². The van der Waals surface area contributed by atoms with E-state index in [9.17, 15) is 9.59 Å². The van der Waals surface area contributed by atoms with Crippen LogP contribution in [0.25, 0.3) is 0 Å². The highest BCUT2D eigenvalue weighted by atomic mass is 127. The Morgan fingerprint density at radius 3 is 2.56 bits per heavy atom. The summed E-state index contributed by atoms with van der Waals surface area (Å²) in [6.07, 6.45) is 0.991.